The van der Waals surface area contributed by atoms with Gasteiger partial charge in [0.05, 0.1) is 17.8 Å². The van der Waals surface area contributed by atoms with E-state index < -0.39 is 5.97 Å². The van der Waals surface area contributed by atoms with Gasteiger partial charge in [-0.2, -0.15) is 0 Å². The van der Waals surface area contributed by atoms with Crippen LogP contribution >= 0.6 is 11.6 Å². The molecule has 6 heteroatoms. The largest absolute Gasteiger partial charge is 0.496 e. The monoisotopic (exact) mass is 311 g/mol. The lowest BCUT2D eigenvalue weighted by Crippen LogP contribution is -2.58. The van der Waals surface area contributed by atoms with Crippen molar-refractivity contribution in [3.63, 3.8) is 0 Å². The second-order valence-corrected chi connectivity index (χ2v) is 6.18. The van der Waals surface area contributed by atoms with Crippen LogP contribution in [0, 0.1) is 5.41 Å². The number of carboxylic acid groups (broad SMARTS) is 1. The number of benzene rings is 1. The highest BCUT2D eigenvalue weighted by molar-refractivity contribution is 6.33. The van der Waals surface area contributed by atoms with Gasteiger partial charge in [-0.1, -0.05) is 11.6 Å². The van der Waals surface area contributed by atoms with Gasteiger partial charge >= 0.3 is 5.97 Å². The highest BCUT2D eigenvalue weighted by Crippen LogP contribution is 2.45. The van der Waals surface area contributed by atoms with E-state index in [0.717, 1.165) is 44.8 Å². The highest BCUT2D eigenvalue weighted by atomic mass is 35.5. The van der Waals surface area contributed by atoms with Crippen molar-refractivity contribution < 1.29 is 19.4 Å². The van der Waals surface area contributed by atoms with E-state index in [-0.39, 0.29) is 5.56 Å². The molecule has 1 spiro atoms. The number of carbonyl (C=O) groups is 1. The van der Waals surface area contributed by atoms with E-state index in [1.165, 1.54) is 13.2 Å². The summed E-state index contributed by atoms with van der Waals surface area (Å²) in [6.07, 6.45) is 2.15. The van der Waals surface area contributed by atoms with Crippen LogP contribution in [0.2, 0.25) is 5.02 Å². The lowest BCUT2D eigenvalue weighted by molar-refractivity contribution is -0.000203. The average Bonchev–Trinajstić information content (AvgIpc) is 2.45. The Morgan fingerprint density at radius 2 is 2.05 bits per heavy atom. The van der Waals surface area contributed by atoms with Gasteiger partial charge in [0.2, 0.25) is 0 Å². The maximum absolute atomic E-state index is 11.2. The van der Waals surface area contributed by atoms with E-state index in [4.69, 9.17) is 26.2 Å². The molecule has 0 amide bonds. The Hall–Kier alpha value is -1.46. The molecule has 21 heavy (non-hydrogen) atoms. The molecule has 0 radical (unpaired) electrons. The van der Waals surface area contributed by atoms with Crippen molar-refractivity contribution >= 4 is 23.3 Å². The number of hydrogen-bond donors (Lipinski definition) is 1. The van der Waals surface area contributed by atoms with Gasteiger partial charge in [0.25, 0.3) is 0 Å². The van der Waals surface area contributed by atoms with Gasteiger partial charge in [0.15, 0.2) is 0 Å². The van der Waals surface area contributed by atoms with Crippen LogP contribution in [-0.4, -0.2) is 44.5 Å². The molecule has 0 unspecified atom stereocenters. The predicted octanol–water partition coefficient (Wildman–Crippen LogP) is 2.66. The van der Waals surface area contributed by atoms with Crippen molar-refractivity contribution in [1.82, 2.24) is 0 Å². The zero-order chi connectivity index (χ0) is 15.0. The van der Waals surface area contributed by atoms with Crippen LogP contribution in [0.3, 0.4) is 0 Å². The van der Waals surface area contributed by atoms with Gasteiger partial charge < -0.3 is 19.5 Å². The Kier molecular flexibility index (Phi) is 3.71. The summed E-state index contributed by atoms with van der Waals surface area (Å²) >= 11 is 6.25. The first-order valence-corrected chi connectivity index (χ1v) is 7.36. The summed E-state index contributed by atoms with van der Waals surface area (Å²) in [6, 6.07) is 3.19. The van der Waals surface area contributed by atoms with Crippen molar-refractivity contribution in [2.45, 2.75) is 12.8 Å². The molecule has 2 aliphatic rings. The molecule has 2 heterocycles. The standard InChI is InChI=1S/C15H18ClNO4/c1-20-13-7-12(11(16)6-10(13)14(18)19)17-8-15(9-17)2-4-21-5-3-15/h6-7H,2-5,8-9H2,1H3,(H,18,19). The maximum atomic E-state index is 11.2. The molecular formula is C15H18ClNO4. The van der Waals surface area contributed by atoms with Crippen molar-refractivity contribution in [2.75, 3.05) is 38.3 Å². The average molecular weight is 312 g/mol. The third-order valence-electron chi connectivity index (χ3n) is 4.45. The van der Waals surface area contributed by atoms with Crippen LogP contribution in [0.25, 0.3) is 0 Å². The van der Waals surface area contributed by atoms with Crippen LogP contribution < -0.4 is 9.64 Å². The van der Waals surface area contributed by atoms with Crippen molar-refractivity contribution in [3.8, 4) is 5.75 Å². The summed E-state index contributed by atoms with van der Waals surface area (Å²) in [5.74, 6) is -0.695. The van der Waals surface area contributed by atoms with E-state index in [1.807, 2.05) is 0 Å². The Labute approximate surface area is 128 Å². The van der Waals surface area contributed by atoms with E-state index in [9.17, 15) is 4.79 Å². The number of halogens is 1. The van der Waals surface area contributed by atoms with Gasteiger partial charge in [0.1, 0.15) is 11.3 Å². The minimum atomic E-state index is -1.04. The summed E-state index contributed by atoms with van der Waals surface area (Å²) in [4.78, 5) is 13.4. The molecule has 0 atom stereocenters. The first-order chi connectivity index (χ1) is 10.0. The molecule has 0 saturated carbocycles. The normalized spacial score (nSPS) is 20.2. The van der Waals surface area contributed by atoms with Crippen LogP contribution in [-0.2, 0) is 4.74 Å². The zero-order valence-corrected chi connectivity index (χ0v) is 12.7. The van der Waals surface area contributed by atoms with Gasteiger partial charge in [0, 0.05) is 37.8 Å². The molecule has 114 valence electrons. The quantitative estimate of drug-likeness (QED) is 0.930. The second-order valence-electron chi connectivity index (χ2n) is 5.78. The Bertz CT molecular complexity index is 561. The minimum absolute atomic E-state index is 0.0903. The summed E-state index contributed by atoms with van der Waals surface area (Å²) < 4.78 is 10.6. The van der Waals surface area contributed by atoms with Gasteiger partial charge in [-0.3, -0.25) is 0 Å². The zero-order valence-electron chi connectivity index (χ0n) is 11.9. The predicted molar refractivity (Wildman–Crippen MR) is 79.7 cm³/mol. The Morgan fingerprint density at radius 3 is 2.62 bits per heavy atom. The molecule has 2 aliphatic heterocycles. The van der Waals surface area contributed by atoms with E-state index >= 15 is 0 Å². The maximum Gasteiger partial charge on any atom is 0.339 e. The molecule has 0 bridgehead atoms. The van der Waals surface area contributed by atoms with Crippen LogP contribution in [0.1, 0.15) is 23.2 Å². The fourth-order valence-corrected chi connectivity index (χ4v) is 3.46. The van der Waals surface area contributed by atoms with Crippen molar-refractivity contribution in [3.05, 3.63) is 22.7 Å². The van der Waals surface area contributed by atoms with E-state index in [1.54, 1.807) is 6.07 Å². The summed E-state index contributed by atoms with van der Waals surface area (Å²) in [6.45, 7) is 3.52. The molecule has 0 aromatic heterocycles. The van der Waals surface area contributed by atoms with Crippen molar-refractivity contribution in [2.24, 2.45) is 5.41 Å². The van der Waals surface area contributed by atoms with Crippen molar-refractivity contribution in [1.29, 1.82) is 0 Å². The number of methoxy groups -OCH3 is 1. The SMILES string of the molecule is COc1cc(N2CC3(CCOCC3)C2)c(Cl)cc1C(=O)O. The number of ether oxygens (including phenoxy) is 2. The summed E-state index contributed by atoms with van der Waals surface area (Å²) in [7, 11) is 1.47. The molecule has 3 rings (SSSR count). The number of aromatic carboxylic acids is 1. The van der Waals surface area contributed by atoms with Gasteiger partial charge in [-0.15, -0.1) is 0 Å². The molecule has 2 saturated heterocycles. The Balaban J connectivity index is 1.82. The lowest BCUT2D eigenvalue weighted by atomic mass is 9.73. The van der Waals surface area contributed by atoms with Crippen LogP contribution in [0.4, 0.5) is 5.69 Å². The smallest absolute Gasteiger partial charge is 0.339 e. The number of rotatable bonds is 3. The number of nitrogens with zero attached hydrogens (tertiary/aromatic N) is 1. The van der Waals surface area contributed by atoms with Crippen LogP contribution in [0.5, 0.6) is 5.75 Å². The third kappa shape index (κ3) is 2.56. The summed E-state index contributed by atoms with van der Waals surface area (Å²) in [5.41, 5.74) is 1.27. The minimum Gasteiger partial charge on any atom is -0.496 e. The van der Waals surface area contributed by atoms with E-state index in [2.05, 4.69) is 4.90 Å². The van der Waals surface area contributed by atoms with Crippen LogP contribution in [0.15, 0.2) is 12.1 Å². The van der Waals surface area contributed by atoms with Gasteiger partial charge in [-0.25, -0.2) is 4.79 Å². The molecule has 2 fully saturated rings. The Morgan fingerprint density at radius 1 is 1.38 bits per heavy atom. The van der Waals surface area contributed by atoms with Gasteiger partial charge in [-0.05, 0) is 18.9 Å². The third-order valence-corrected chi connectivity index (χ3v) is 4.75. The number of anilines is 1. The fourth-order valence-electron chi connectivity index (χ4n) is 3.18. The number of hydrogen-bond acceptors (Lipinski definition) is 4. The summed E-state index contributed by atoms with van der Waals surface area (Å²) in [5, 5.41) is 9.61. The molecule has 1 aromatic rings. The topological polar surface area (TPSA) is 59.0 Å². The lowest BCUT2D eigenvalue weighted by Gasteiger charge is -2.53. The first kappa shape index (κ1) is 14.5. The number of carboxylic acids is 1. The molecule has 5 nitrogen and oxygen atoms in total. The molecule has 1 N–H and O–H groups in total. The van der Waals surface area contributed by atoms with E-state index in [0.29, 0.717) is 16.2 Å². The molecule has 0 aliphatic carbocycles. The molecular weight excluding hydrogens is 294 g/mol. The second kappa shape index (κ2) is 5.39. The first-order valence-electron chi connectivity index (χ1n) is 6.98. The fraction of sp³-hybridized carbons (Fsp3) is 0.533. The molecule has 1 aromatic carbocycles. The highest BCUT2D eigenvalue weighted by Gasteiger charge is 2.44.